The highest BCUT2D eigenvalue weighted by atomic mass is 19.4. The number of nitrogens with one attached hydrogen (secondary N) is 2. The van der Waals surface area contributed by atoms with Crippen LogP contribution in [-0.2, 0) is 6.18 Å². The molecule has 0 bridgehead atoms. The first-order valence-electron chi connectivity index (χ1n) is 5.86. The van der Waals surface area contributed by atoms with Crippen molar-refractivity contribution in [2.24, 2.45) is 0 Å². The Labute approximate surface area is 116 Å². The molecule has 1 aromatic heterocycles. The quantitative estimate of drug-likeness (QED) is 0.731. The van der Waals surface area contributed by atoms with Gasteiger partial charge in [0.25, 0.3) is 0 Å². The Morgan fingerprint density at radius 3 is 2.05 bits per heavy atom. The highest BCUT2D eigenvalue weighted by molar-refractivity contribution is 5.49. The molecule has 0 saturated carbocycles. The van der Waals surface area contributed by atoms with Gasteiger partial charge in [-0.15, -0.1) is 0 Å². The van der Waals surface area contributed by atoms with E-state index in [0.717, 1.165) is 6.07 Å². The van der Waals surface area contributed by atoms with Crippen LogP contribution in [0.4, 0.5) is 38.0 Å². The fraction of sp³-hybridized carbons (Fsp3) is 0.545. The molecule has 1 unspecified atom stereocenters. The number of hydrogen-bond donors (Lipinski definition) is 3. The van der Waals surface area contributed by atoms with Crippen molar-refractivity contribution < 1.29 is 31.4 Å². The first-order valence-corrected chi connectivity index (χ1v) is 5.86. The van der Waals surface area contributed by atoms with Gasteiger partial charge in [0.1, 0.15) is 11.6 Å². The molecule has 1 heterocycles. The predicted octanol–water partition coefficient (Wildman–Crippen LogP) is 2.87. The zero-order chi connectivity index (χ0) is 16.3. The topological polar surface area (TPSA) is 57.2 Å². The Morgan fingerprint density at radius 2 is 1.62 bits per heavy atom. The Hall–Kier alpha value is -1.71. The van der Waals surface area contributed by atoms with Gasteiger partial charge in [0, 0.05) is 6.54 Å². The van der Waals surface area contributed by atoms with E-state index in [1.165, 1.54) is 0 Å². The van der Waals surface area contributed by atoms with Crippen LogP contribution in [0.5, 0.6) is 0 Å². The highest BCUT2D eigenvalue weighted by Gasteiger charge is 2.38. The number of anilines is 2. The molecule has 0 saturated heterocycles. The highest BCUT2D eigenvalue weighted by Crippen LogP contribution is 2.32. The second kappa shape index (κ2) is 6.37. The van der Waals surface area contributed by atoms with E-state index in [0.29, 0.717) is 12.6 Å². The van der Waals surface area contributed by atoms with Crippen LogP contribution >= 0.6 is 0 Å². The summed E-state index contributed by atoms with van der Waals surface area (Å²) in [7, 11) is 0. The van der Waals surface area contributed by atoms with Gasteiger partial charge >= 0.3 is 12.4 Å². The maximum absolute atomic E-state index is 12.7. The summed E-state index contributed by atoms with van der Waals surface area (Å²) in [6.07, 6.45) is -12.2. The van der Waals surface area contributed by atoms with E-state index in [2.05, 4.69) is 10.3 Å². The summed E-state index contributed by atoms with van der Waals surface area (Å²) in [6.45, 7) is 0.921. The average Bonchev–Trinajstić information content (AvgIpc) is 2.34. The standard InChI is InChI=1S/C11H13F6N3O/c1-2-18-8-3-6(10(12,13)14)4-9(20-8)19-5-7(21)11(15,16)17/h3-4,7,21H,2,5H2,1H3,(H2,18,19,20). The normalized spacial score (nSPS) is 13.9. The van der Waals surface area contributed by atoms with Crippen molar-refractivity contribution in [3.8, 4) is 0 Å². The second-order valence-electron chi connectivity index (χ2n) is 4.09. The Bertz CT molecular complexity index is 474. The monoisotopic (exact) mass is 317 g/mol. The minimum Gasteiger partial charge on any atom is -0.382 e. The van der Waals surface area contributed by atoms with Gasteiger partial charge in [0.2, 0.25) is 0 Å². The number of rotatable bonds is 5. The second-order valence-corrected chi connectivity index (χ2v) is 4.09. The van der Waals surface area contributed by atoms with Crippen molar-refractivity contribution in [1.82, 2.24) is 4.98 Å². The summed E-state index contributed by atoms with van der Waals surface area (Å²) in [6, 6.07) is 1.32. The first-order chi connectivity index (χ1) is 9.54. The summed E-state index contributed by atoms with van der Waals surface area (Å²) in [4.78, 5) is 3.69. The van der Waals surface area contributed by atoms with E-state index < -0.39 is 36.4 Å². The summed E-state index contributed by atoms with van der Waals surface area (Å²) >= 11 is 0. The lowest BCUT2D eigenvalue weighted by Gasteiger charge is -2.17. The van der Waals surface area contributed by atoms with Crippen LogP contribution < -0.4 is 10.6 Å². The van der Waals surface area contributed by atoms with Gasteiger partial charge in [-0.05, 0) is 19.1 Å². The van der Waals surface area contributed by atoms with Crippen molar-refractivity contribution in [2.75, 3.05) is 23.7 Å². The zero-order valence-electron chi connectivity index (χ0n) is 10.8. The van der Waals surface area contributed by atoms with Gasteiger partial charge in [0.05, 0.1) is 12.1 Å². The SMILES string of the molecule is CCNc1cc(C(F)(F)F)cc(NCC(O)C(F)(F)F)n1. The van der Waals surface area contributed by atoms with Crippen molar-refractivity contribution in [3.63, 3.8) is 0 Å². The number of hydrogen-bond acceptors (Lipinski definition) is 4. The average molecular weight is 317 g/mol. The van der Waals surface area contributed by atoms with Crippen LogP contribution in [0.1, 0.15) is 12.5 Å². The van der Waals surface area contributed by atoms with Gasteiger partial charge in [-0.2, -0.15) is 26.3 Å². The largest absolute Gasteiger partial charge is 0.416 e. The molecule has 0 aliphatic carbocycles. The smallest absolute Gasteiger partial charge is 0.382 e. The molecule has 1 atom stereocenters. The Balaban J connectivity index is 2.93. The van der Waals surface area contributed by atoms with Gasteiger partial charge in [-0.3, -0.25) is 0 Å². The summed E-state index contributed by atoms with van der Waals surface area (Å²) < 4.78 is 74.3. The van der Waals surface area contributed by atoms with Gasteiger partial charge in [-0.1, -0.05) is 0 Å². The third kappa shape index (κ3) is 5.29. The molecule has 3 N–H and O–H groups in total. The van der Waals surface area contributed by atoms with Crippen molar-refractivity contribution in [2.45, 2.75) is 25.4 Å². The van der Waals surface area contributed by atoms with E-state index >= 15 is 0 Å². The molecule has 0 aliphatic rings. The minimum atomic E-state index is -4.86. The van der Waals surface area contributed by atoms with E-state index in [-0.39, 0.29) is 5.82 Å². The molecule has 10 heteroatoms. The van der Waals surface area contributed by atoms with Crippen LogP contribution in [0.15, 0.2) is 12.1 Å². The Morgan fingerprint density at radius 1 is 1.10 bits per heavy atom. The number of halogens is 6. The molecular weight excluding hydrogens is 304 g/mol. The van der Waals surface area contributed by atoms with E-state index in [9.17, 15) is 26.3 Å². The summed E-state index contributed by atoms with van der Waals surface area (Å²) in [5.41, 5.74) is -1.06. The van der Waals surface area contributed by atoms with Crippen LogP contribution in [0.3, 0.4) is 0 Å². The van der Waals surface area contributed by atoms with Gasteiger partial charge in [0.15, 0.2) is 6.10 Å². The van der Waals surface area contributed by atoms with Crippen molar-refractivity contribution in [3.05, 3.63) is 17.7 Å². The molecule has 4 nitrogen and oxygen atoms in total. The lowest BCUT2D eigenvalue weighted by atomic mass is 10.2. The van der Waals surface area contributed by atoms with Crippen LogP contribution in [-0.4, -0.2) is 35.5 Å². The van der Waals surface area contributed by atoms with Crippen LogP contribution in [0, 0.1) is 0 Å². The molecular formula is C11H13F6N3O. The molecule has 1 aromatic rings. The number of aliphatic hydroxyl groups excluding tert-OH is 1. The number of alkyl halides is 6. The van der Waals surface area contributed by atoms with Gasteiger partial charge in [-0.25, -0.2) is 4.98 Å². The lowest BCUT2D eigenvalue weighted by molar-refractivity contribution is -0.198. The lowest BCUT2D eigenvalue weighted by Crippen LogP contribution is -2.35. The molecule has 1 rings (SSSR count). The van der Waals surface area contributed by atoms with Crippen molar-refractivity contribution >= 4 is 11.6 Å². The van der Waals surface area contributed by atoms with E-state index in [1.54, 1.807) is 6.92 Å². The first kappa shape index (κ1) is 17.3. The molecule has 120 valence electrons. The Kier molecular flexibility index (Phi) is 5.26. The third-order valence-electron chi connectivity index (χ3n) is 2.36. The molecule has 0 aliphatic heterocycles. The van der Waals surface area contributed by atoms with Crippen LogP contribution in [0.2, 0.25) is 0 Å². The number of pyridine rings is 1. The number of aromatic nitrogens is 1. The zero-order valence-corrected chi connectivity index (χ0v) is 10.8. The van der Waals surface area contributed by atoms with Crippen molar-refractivity contribution in [1.29, 1.82) is 0 Å². The third-order valence-corrected chi connectivity index (χ3v) is 2.36. The van der Waals surface area contributed by atoms with Gasteiger partial charge < -0.3 is 15.7 Å². The number of aliphatic hydroxyl groups is 1. The molecule has 0 aromatic carbocycles. The number of nitrogens with zero attached hydrogens (tertiary/aromatic N) is 1. The molecule has 0 spiro atoms. The van der Waals surface area contributed by atoms with Crippen LogP contribution in [0.25, 0.3) is 0 Å². The maximum Gasteiger partial charge on any atom is 0.416 e. The van der Waals surface area contributed by atoms with E-state index in [4.69, 9.17) is 5.11 Å². The molecule has 0 radical (unpaired) electrons. The maximum atomic E-state index is 12.7. The fourth-order valence-corrected chi connectivity index (χ4v) is 1.37. The molecule has 0 fully saturated rings. The summed E-state index contributed by atoms with van der Waals surface area (Å²) in [5, 5.41) is 13.4. The molecule has 21 heavy (non-hydrogen) atoms. The van der Waals surface area contributed by atoms with E-state index in [1.807, 2.05) is 5.32 Å². The molecule has 0 amide bonds. The minimum absolute atomic E-state index is 0.128. The summed E-state index contributed by atoms with van der Waals surface area (Å²) in [5.74, 6) is -0.541. The fourth-order valence-electron chi connectivity index (χ4n) is 1.37. The predicted molar refractivity (Wildman–Crippen MR) is 64.0 cm³/mol.